The van der Waals surface area contributed by atoms with E-state index in [4.69, 9.17) is 9.72 Å². The Morgan fingerprint density at radius 2 is 1.71 bits per heavy atom. The third-order valence-electron chi connectivity index (χ3n) is 9.86. The van der Waals surface area contributed by atoms with Crippen LogP contribution < -0.4 is 15.0 Å². The molecule has 2 N–H and O–H groups in total. The van der Waals surface area contributed by atoms with Crippen LogP contribution in [0.15, 0.2) is 36.5 Å². The second-order valence-corrected chi connectivity index (χ2v) is 12.4. The Morgan fingerprint density at radius 1 is 0.952 bits per heavy atom. The number of aromatic nitrogens is 3. The topological polar surface area (TPSA) is 69.3 Å². The average Bonchev–Trinajstić information content (AvgIpc) is 3.74. The molecule has 7 nitrogen and oxygen atoms in total. The Hall–Kier alpha value is -3.44. The van der Waals surface area contributed by atoms with Gasteiger partial charge in [0.2, 0.25) is 0 Å². The summed E-state index contributed by atoms with van der Waals surface area (Å²) in [6, 6.07) is 7.72. The van der Waals surface area contributed by atoms with Crippen LogP contribution in [-0.2, 0) is 6.18 Å². The number of hydrogen-bond acceptors (Lipinski definition) is 6. The van der Waals surface area contributed by atoms with E-state index in [0.29, 0.717) is 46.4 Å². The van der Waals surface area contributed by atoms with Crippen molar-refractivity contribution in [1.82, 2.24) is 25.2 Å². The van der Waals surface area contributed by atoms with Gasteiger partial charge in [-0.25, -0.2) is 4.39 Å². The maximum absolute atomic E-state index is 16.5. The lowest BCUT2D eigenvalue weighted by molar-refractivity contribution is -0.137. The molecule has 0 radical (unpaired) electrons. The van der Waals surface area contributed by atoms with Crippen molar-refractivity contribution in [3.8, 4) is 17.1 Å². The van der Waals surface area contributed by atoms with Gasteiger partial charge in [0.15, 0.2) is 5.82 Å². The second kappa shape index (κ2) is 9.54. The summed E-state index contributed by atoms with van der Waals surface area (Å²) in [5.41, 5.74) is 0.348. The van der Waals surface area contributed by atoms with Crippen molar-refractivity contribution in [2.45, 2.75) is 62.3 Å². The van der Waals surface area contributed by atoms with Gasteiger partial charge in [-0.1, -0.05) is 6.07 Å². The number of nitrogens with zero attached hydrogens (tertiary/aromatic N) is 4. The summed E-state index contributed by atoms with van der Waals surface area (Å²) in [6.45, 7) is 4.09. The first-order chi connectivity index (χ1) is 20.3. The van der Waals surface area contributed by atoms with E-state index < -0.39 is 17.6 Å². The highest BCUT2D eigenvalue weighted by Gasteiger charge is 2.45. The number of nitrogens with one attached hydrogen (secondary N) is 2. The van der Waals surface area contributed by atoms with E-state index >= 15 is 4.39 Å². The number of piperazine rings is 1. The molecule has 4 aromatic rings. The molecule has 2 bridgehead atoms. The number of fused-ring (bicyclic) bond motifs is 5. The summed E-state index contributed by atoms with van der Waals surface area (Å²) >= 11 is 0. The molecule has 4 fully saturated rings. The largest absolute Gasteiger partial charge is 0.461 e. The smallest absolute Gasteiger partial charge is 0.416 e. The highest BCUT2D eigenvalue weighted by Crippen LogP contribution is 2.41. The van der Waals surface area contributed by atoms with Gasteiger partial charge in [0, 0.05) is 58.8 Å². The van der Waals surface area contributed by atoms with E-state index in [1.54, 1.807) is 18.3 Å². The molecule has 6 heterocycles. The number of ether oxygens (including phenoxy) is 1. The second-order valence-electron chi connectivity index (χ2n) is 12.4. The number of hydrogen-bond donors (Lipinski definition) is 2. The summed E-state index contributed by atoms with van der Waals surface area (Å²) in [7, 11) is 0. The number of aromatic amines is 1. The molecule has 4 aliphatic rings. The summed E-state index contributed by atoms with van der Waals surface area (Å²) in [6.07, 6.45) is 3.62. The van der Waals surface area contributed by atoms with E-state index in [1.807, 2.05) is 0 Å². The van der Waals surface area contributed by atoms with Crippen LogP contribution in [0, 0.1) is 5.82 Å². The number of H-pyrrole nitrogens is 1. The van der Waals surface area contributed by atoms with Crippen LogP contribution in [0.4, 0.5) is 23.4 Å². The minimum absolute atomic E-state index is 0.0206. The molecule has 2 aromatic heterocycles. The van der Waals surface area contributed by atoms with Gasteiger partial charge in [0.25, 0.3) is 0 Å². The van der Waals surface area contributed by atoms with E-state index in [1.165, 1.54) is 6.07 Å². The van der Waals surface area contributed by atoms with Gasteiger partial charge in [-0.3, -0.25) is 4.90 Å². The fraction of sp³-hybridized carbons (Fsp3) is 0.484. The first kappa shape index (κ1) is 26.2. The number of benzene rings is 2. The molecule has 2 aromatic carbocycles. The molecule has 4 aliphatic heterocycles. The van der Waals surface area contributed by atoms with E-state index in [0.717, 1.165) is 76.8 Å². The zero-order valence-corrected chi connectivity index (χ0v) is 23.1. The van der Waals surface area contributed by atoms with Crippen molar-refractivity contribution in [3.05, 3.63) is 47.9 Å². The summed E-state index contributed by atoms with van der Waals surface area (Å²) in [4.78, 5) is 17.2. The monoisotopic (exact) mass is 580 g/mol. The molecule has 42 heavy (non-hydrogen) atoms. The van der Waals surface area contributed by atoms with Crippen molar-refractivity contribution in [1.29, 1.82) is 0 Å². The Labute approximate surface area is 240 Å². The summed E-state index contributed by atoms with van der Waals surface area (Å²) < 4.78 is 63.4. The maximum Gasteiger partial charge on any atom is 0.416 e. The lowest BCUT2D eigenvalue weighted by Gasteiger charge is -2.34. The van der Waals surface area contributed by atoms with Crippen molar-refractivity contribution in [2.24, 2.45) is 0 Å². The average molecular weight is 581 g/mol. The van der Waals surface area contributed by atoms with Crippen molar-refractivity contribution in [3.63, 3.8) is 0 Å². The van der Waals surface area contributed by atoms with Gasteiger partial charge in [-0.05, 0) is 75.9 Å². The molecule has 0 amide bonds. The molecule has 0 saturated carbocycles. The fourth-order valence-corrected chi connectivity index (χ4v) is 7.79. The van der Waals surface area contributed by atoms with Crippen LogP contribution in [0.5, 0.6) is 6.01 Å². The summed E-state index contributed by atoms with van der Waals surface area (Å²) in [5.74, 6) is 0.0447. The molecule has 2 atom stereocenters. The predicted molar refractivity (Wildman–Crippen MR) is 152 cm³/mol. The SMILES string of the molecule is Fc1c(-c2c[nH]c3ccc(C(F)(F)F)cc23)ccc2c(N3C[C@H]4CC[C@@H](C3)N4)nc(OCC34CCCN3CCC4)nc12. The fourth-order valence-electron chi connectivity index (χ4n) is 7.79. The molecule has 220 valence electrons. The quantitative estimate of drug-likeness (QED) is 0.287. The molecular formula is C31H32F4N6O. The van der Waals surface area contributed by atoms with Crippen LogP contribution in [0.1, 0.15) is 44.1 Å². The zero-order valence-electron chi connectivity index (χ0n) is 23.1. The Morgan fingerprint density at radius 3 is 2.45 bits per heavy atom. The molecule has 0 spiro atoms. The van der Waals surface area contributed by atoms with Gasteiger partial charge < -0.3 is 19.9 Å². The lowest BCUT2D eigenvalue weighted by Crippen LogP contribution is -2.51. The van der Waals surface area contributed by atoms with E-state index in [9.17, 15) is 13.2 Å². The molecule has 8 rings (SSSR count). The van der Waals surface area contributed by atoms with E-state index in [-0.39, 0.29) is 22.6 Å². The van der Waals surface area contributed by atoms with Crippen molar-refractivity contribution < 1.29 is 22.3 Å². The van der Waals surface area contributed by atoms with Gasteiger partial charge in [0.1, 0.15) is 17.9 Å². The Balaban J connectivity index is 1.23. The minimum Gasteiger partial charge on any atom is -0.461 e. The van der Waals surface area contributed by atoms with Gasteiger partial charge >= 0.3 is 12.2 Å². The first-order valence-corrected chi connectivity index (χ1v) is 14.9. The van der Waals surface area contributed by atoms with Crippen molar-refractivity contribution >= 4 is 27.6 Å². The van der Waals surface area contributed by atoms with Gasteiger partial charge in [-0.2, -0.15) is 23.1 Å². The lowest BCUT2D eigenvalue weighted by atomic mass is 9.95. The Kier molecular flexibility index (Phi) is 5.95. The highest BCUT2D eigenvalue weighted by atomic mass is 19.4. The van der Waals surface area contributed by atoms with Gasteiger partial charge in [0.05, 0.1) is 11.1 Å². The van der Waals surface area contributed by atoms with Gasteiger partial charge in [-0.15, -0.1) is 0 Å². The zero-order chi connectivity index (χ0) is 28.6. The minimum atomic E-state index is -4.50. The predicted octanol–water partition coefficient (Wildman–Crippen LogP) is 5.88. The first-order valence-electron chi connectivity index (χ1n) is 14.9. The number of rotatable bonds is 5. The van der Waals surface area contributed by atoms with Crippen LogP contribution in [0.25, 0.3) is 32.9 Å². The highest BCUT2D eigenvalue weighted by molar-refractivity contribution is 6.00. The number of halogens is 4. The third-order valence-corrected chi connectivity index (χ3v) is 9.86. The third kappa shape index (κ3) is 4.23. The number of anilines is 1. The standard InChI is InChI=1S/C31H32F4N6O/c32-26-21(24-14-36-25-8-3-18(13-23(24)25)31(33,34)35)6-7-22-27(26)38-29(42-17-30-9-1-11-41(30)12-2-10-30)39-28(22)40-15-19-4-5-20(16-40)37-19/h3,6-8,13-14,19-20,36-37H,1-2,4-5,9-12,15-17H2/t19-,20+. The van der Waals surface area contributed by atoms with Crippen molar-refractivity contribution in [2.75, 3.05) is 37.7 Å². The molecule has 11 heteroatoms. The number of alkyl halides is 3. The molecular weight excluding hydrogens is 548 g/mol. The Bertz CT molecular complexity index is 1660. The summed E-state index contributed by atoms with van der Waals surface area (Å²) in [5, 5.41) is 4.50. The van der Waals surface area contributed by atoms with Crippen LogP contribution in [0.3, 0.4) is 0 Å². The molecule has 0 aliphatic carbocycles. The van der Waals surface area contributed by atoms with Crippen LogP contribution in [-0.4, -0.2) is 70.3 Å². The van der Waals surface area contributed by atoms with Crippen LogP contribution >= 0.6 is 0 Å². The van der Waals surface area contributed by atoms with Crippen LogP contribution in [0.2, 0.25) is 0 Å². The normalized spacial score (nSPS) is 23.8. The molecule has 4 saturated heterocycles. The maximum atomic E-state index is 16.5. The van der Waals surface area contributed by atoms with E-state index in [2.05, 4.69) is 25.1 Å². The molecule has 0 unspecified atom stereocenters.